The number of aryl methyl sites for hydroxylation is 1. The molecule has 19 heavy (non-hydrogen) atoms. The van der Waals surface area contributed by atoms with Crippen LogP contribution in [0.25, 0.3) is 0 Å². The highest BCUT2D eigenvalue weighted by molar-refractivity contribution is 5.26. The van der Waals surface area contributed by atoms with Gasteiger partial charge in [-0.15, -0.1) is 0 Å². The fourth-order valence-corrected chi connectivity index (χ4v) is 2.41. The number of ether oxygens (including phenoxy) is 2. The molecular weight excluding hydrogens is 242 g/mol. The van der Waals surface area contributed by atoms with Crippen LogP contribution in [-0.2, 0) is 11.3 Å². The van der Waals surface area contributed by atoms with Gasteiger partial charge < -0.3 is 14.8 Å². The molecule has 0 aliphatic carbocycles. The first kappa shape index (κ1) is 14.2. The maximum atomic E-state index is 5.71. The van der Waals surface area contributed by atoms with Crippen molar-refractivity contribution in [2.45, 2.75) is 19.6 Å². The lowest BCUT2D eigenvalue weighted by Crippen LogP contribution is -2.45. The van der Waals surface area contributed by atoms with Crippen molar-refractivity contribution in [3.63, 3.8) is 0 Å². The van der Waals surface area contributed by atoms with Crippen molar-refractivity contribution in [3.05, 3.63) is 23.5 Å². The van der Waals surface area contributed by atoms with Crippen molar-refractivity contribution in [1.29, 1.82) is 0 Å². The number of hydrogen-bond donors (Lipinski definition) is 1. The van der Waals surface area contributed by atoms with Gasteiger partial charge in [0.25, 0.3) is 0 Å². The van der Waals surface area contributed by atoms with E-state index in [4.69, 9.17) is 9.47 Å². The summed E-state index contributed by atoms with van der Waals surface area (Å²) in [7, 11) is 3.64. The minimum atomic E-state index is 0.269. The van der Waals surface area contributed by atoms with E-state index in [1.54, 1.807) is 7.11 Å². The first-order chi connectivity index (χ1) is 9.21. The minimum Gasteiger partial charge on any atom is -0.497 e. The number of nitrogens with zero attached hydrogens (tertiary/aromatic N) is 2. The third-order valence-corrected chi connectivity index (χ3v) is 3.26. The van der Waals surface area contributed by atoms with Crippen molar-refractivity contribution in [2.75, 3.05) is 40.4 Å². The second-order valence-corrected chi connectivity index (χ2v) is 4.93. The van der Waals surface area contributed by atoms with Gasteiger partial charge >= 0.3 is 0 Å². The van der Waals surface area contributed by atoms with Crippen molar-refractivity contribution >= 4 is 0 Å². The Bertz CT molecular complexity index is 410. The molecule has 106 valence electrons. The van der Waals surface area contributed by atoms with E-state index in [-0.39, 0.29) is 6.10 Å². The summed E-state index contributed by atoms with van der Waals surface area (Å²) in [4.78, 5) is 6.95. The maximum Gasteiger partial charge on any atom is 0.122 e. The van der Waals surface area contributed by atoms with Gasteiger partial charge in [0.2, 0.25) is 0 Å². The highest BCUT2D eigenvalue weighted by Crippen LogP contribution is 2.16. The molecule has 0 amide bonds. The normalized spacial score (nSPS) is 20.5. The van der Waals surface area contributed by atoms with Crippen molar-refractivity contribution in [2.24, 2.45) is 0 Å². The molecule has 1 aromatic heterocycles. The Kier molecular flexibility index (Phi) is 5.13. The van der Waals surface area contributed by atoms with Crippen molar-refractivity contribution in [3.8, 4) is 5.75 Å². The monoisotopic (exact) mass is 265 g/mol. The van der Waals surface area contributed by atoms with Gasteiger partial charge in [0.1, 0.15) is 5.75 Å². The topological polar surface area (TPSA) is 46.6 Å². The third-order valence-electron chi connectivity index (χ3n) is 3.26. The van der Waals surface area contributed by atoms with Gasteiger partial charge in [-0.1, -0.05) is 0 Å². The smallest absolute Gasteiger partial charge is 0.122 e. The van der Waals surface area contributed by atoms with Crippen LogP contribution >= 0.6 is 0 Å². The van der Waals surface area contributed by atoms with E-state index in [1.807, 2.05) is 26.1 Å². The largest absolute Gasteiger partial charge is 0.497 e. The molecular formula is C14H23N3O2. The molecule has 2 heterocycles. The third kappa shape index (κ3) is 4.16. The molecule has 1 aromatic rings. The molecule has 0 saturated carbocycles. The molecule has 0 bridgehead atoms. The standard InChI is InChI=1S/C14H23N3O2/c1-11-6-13(18-3)7-12(16-11)9-17-4-5-19-14(10-17)8-15-2/h6-7,14-15H,4-5,8-10H2,1-3H3. The minimum absolute atomic E-state index is 0.269. The zero-order valence-corrected chi connectivity index (χ0v) is 12.0. The Morgan fingerprint density at radius 1 is 1.53 bits per heavy atom. The van der Waals surface area contributed by atoms with Crippen LogP contribution in [0.2, 0.25) is 0 Å². The second-order valence-electron chi connectivity index (χ2n) is 4.93. The lowest BCUT2D eigenvalue weighted by Gasteiger charge is -2.32. The summed E-state index contributed by atoms with van der Waals surface area (Å²) in [5, 5.41) is 3.16. The van der Waals surface area contributed by atoms with Gasteiger partial charge in [-0.25, -0.2) is 0 Å². The van der Waals surface area contributed by atoms with E-state index in [2.05, 4.69) is 15.2 Å². The molecule has 2 rings (SSSR count). The molecule has 5 nitrogen and oxygen atoms in total. The van der Waals surface area contributed by atoms with Crippen LogP contribution in [-0.4, -0.2) is 56.4 Å². The van der Waals surface area contributed by atoms with Gasteiger partial charge in [-0.3, -0.25) is 9.88 Å². The lowest BCUT2D eigenvalue weighted by molar-refractivity contribution is -0.0295. The summed E-state index contributed by atoms with van der Waals surface area (Å²) < 4.78 is 11.0. The van der Waals surface area contributed by atoms with Crippen molar-refractivity contribution < 1.29 is 9.47 Å². The zero-order valence-electron chi connectivity index (χ0n) is 12.0. The van der Waals surface area contributed by atoms with E-state index in [9.17, 15) is 0 Å². The van der Waals surface area contributed by atoms with E-state index in [0.29, 0.717) is 0 Å². The van der Waals surface area contributed by atoms with E-state index >= 15 is 0 Å². The summed E-state index contributed by atoms with van der Waals surface area (Å²) in [5.41, 5.74) is 2.05. The molecule has 1 fully saturated rings. The van der Waals surface area contributed by atoms with Gasteiger partial charge in [0.05, 0.1) is 25.5 Å². The van der Waals surface area contributed by atoms with Crippen LogP contribution in [0.4, 0.5) is 0 Å². The first-order valence-corrected chi connectivity index (χ1v) is 6.71. The Hall–Kier alpha value is -1.17. The van der Waals surface area contributed by atoms with Crippen LogP contribution < -0.4 is 10.1 Å². The van der Waals surface area contributed by atoms with Gasteiger partial charge in [-0.05, 0) is 14.0 Å². The Morgan fingerprint density at radius 3 is 3.11 bits per heavy atom. The number of hydrogen-bond acceptors (Lipinski definition) is 5. The number of likely N-dealkylation sites (N-methyl/N-ethyl adjacent to an activating group) is 1. The number of aromatic nitrogens is 1. The zero-order chi connectivity index (χ0) is 13.7. The van der Waals surface area contributed by atoms with Crippen LogP contribution in [0.5, 0.6) is 5.75 Å². The highest BCUT2D eigenvalue weighted by Gasteiger charge is 2.20. The van der Waals surface area contributed by atoms with Crippen LogP contribution in [0.15, 0.2) is 12.1 Å². The SMILES string of the molecule is CNCC1CN(Cc2cc(OC)cc(C)n2)CCO1. The van der Waals surface area contributed by atoms with Gasteiger partial charge in [-0.2, -0.15) is 0 Å². The maximum absolute atomic E-state index is 5.71. The molecule has 0 radical (unpaired) electrons. The number of morpholine rings is 1. The molecule has 1 aliphatic rings. The van der Waals surface area contributed by atoms with Crippen molar-refractivity contribution in [1.82, 2.24) is 15.2 Å². The summed E-state index contributed by atoms with van der Waals surface area (Å²) in [6.45, 7) is 6.42. The first-order valence-electron chi connectivity index (χ1n) is 6.71. The fourth-order valence-electron chi connectivity index (χ4n) is 2.41. The number of pyridine rings is 1. The average molecular weight is 265 g/mol. The summed E-state index contributed by atoms with van der Waals surface area (Å²) >= 11 is 0. The van der Waals surface area contributed by atoms with Crippen LogP contribution in [0.3, 0.4) is 0 Å². The quantitative estimate of drug-likeness (QED) is 0.854. The molecule has 1 N–H and O–H groups in total. The molecule has 1 aliphatic heterocycles. The predicted molar refractivity (Wildman–Crippen MR) is 74.5 cm³/mol. The molecule has 5 heteroatoms. The number of rotatable bonds is 5. The summed E-state index contributed by atoms with van der Waals surface area (Å²) in [6.07, 6.45) is 0.269. The van der Waals surface area contributed by atoms with E-state index < -0.39 is 0 Å². The second kappa shape index (κ2) is 6.84. The number of nitrogens with one attached hydrogen (secondary N) is 1. The summed E-state index contributed by atoms with van der Waals surface area (Å²) in [5.74, 6) is 0.877. The molecule has 1 saturated heterocycles. The average Bonchev–Trinajstić information content (AvgIpc) is 2.39. The molecule has 0 aromatic carbocycles. The van der Waals surface area contributed by atoms with Crippen LogP contribution in [0, 0.1) is 6.92 Å². The van der Waals surface area contributed by atoms with E-state index in [1.165, 1.54) is 0 Å². The Balaban J connectivity index is 1.98. The molecule has 0 spiro atoms. The lowest BCUT2D eigenvalue weighted by atomic mass is 10.2. The Labute approximate surface area is 114 Å². The number of methoxy groups -OCH3 is 1. The van der Waals surface area contributed by atoms with E-state index in [0.717, 1.165) is 49.9 Å². The van der Waals surface area contributed by atoms with Crippen LogP contribution in [0.1, 0.15) is 11.4 Å². The van der Waals surface area contributed by atoms with Gasteiger partial charge in [0.15, 0.2) is 0 Å². The van der Waals surface area contributed by atoms with Gasteiger partial charge in [0, 0.05) is 44.0 Å². The summed E-state index contributed by atoms with van der Waals surface area (Å²) in [6, 6.07) is 3.96. The fraction of sp³-hybridized carbons (Fsp3) is 0.643. The predicted octanol–water partition coefficient (Wildman–Crippen LogP) is 0.819. The molecule has 1 unspecified atom stereocenters. The Morgan fingerprint density at radius 2 is 2.37 bits per heavy atom. The highest BCUT2D eigenvalue weighted by atomic mass is 16.5. The molecule has 1 atom stereocenters.